The molecule has 0 saturated heterocycles. The van der Waals surface area contributed by atoms with Gasteiger partial charge in [0.1, 0.15) is 17.2 Å². The number of carbonyl (C=O) groups excluding carboxylic acids is 1. The molecule has 3 rings (SSSR count). The van der Waals surface area contributed by atoms with E-state index in [1.807, 2.05) is 13.8 Å². The van der Waals surface area contributed by atoms with Crippen LogP contribution in [-0.2, 0) is 11.2 Å². The molecule has 1 amide bonds. The fourth-order valence-corrected chi connectivity index (χ4v) is 3.63. The van der Waals surface area contributed by atoms with Gasteiger partial charge < -0.3 is 19.8 Å². The number of phenols is 2. The third-order valence-electron chi connectivity index (χ3n) is 4.90. The van der Waals surface area contributed by atoms with Crippen LogP contribution in [0.3, 0.4) is 0 Å². The van der Waals surface area contributed by atoms with Crippen LogP contribution in [0.1, 0.15) is 26.3 Å². The predicted octanol–water partition coefficient (Wildman–Crippen LogP) is 3.95. The number of benzene rings is 2. The summed E-state index contributed by atoms with van der Waals surface area (Å²) in [4.78, 5) is 13.7. The summed E-state index contributed by atoms with van der Waals surface area (Å²) >= 11 is 5.44. The lowest BCUT2D eigenvalue weighted by Gasteiger charge is -2.22. The number of ether oxygens (including phenoxy) is 1. The van der Waals surface area contributed by atoms with Gasteiger partial charge >= 0.3 is 0 Å². The summed E-state index contributed by atoms with van der Waals surface area (Å²) < 4.78 is 7.42. The molecule has 9 heteroatoms. The highest BCUT2D eigenvalue weighted by molar-refractivity contribution is 7.71. The van der Waals surface area contributed by atoms with Gasteiger partial charge in [-0.2, -0.15) is 5.10 Å². The molecule has 0 unspecified atom stereocenters. The van der Waals surface area contributed by atoms with Crippen molar-refractivity contribution in [1.29, 1.82) is 0 Å². The van der Waals surface area contributed by atoms with Crippen LogP contribution in [0.15, 0.2) is 30.3 Å². The second kappa shape index (κ2) is 8.58. The lowest BCUT2D eigenvalue weighted by atomic mass is 10.1. The van der Waals surface area contributed by atoms with Crippen LogP contribution in [0.2, 0.25) is 0 Å². The largest absolute Gasteiger partial charge is 0.508 e. The molecule has 1 aromatic heterocycles. The summed E-state index contributed by atoms with van der Waals surface area (Å²) in [6.45, 7) is 5.75. The summed E-state index contributed by atoms with van der Waals surface area (Å²) in [7, 11) is 1.54. The van der Waals surface area contributed by atoms with Crippen molar-refractivity contribution in [1.82, 2.24) is 14.8 Å². The van der Waals surface area contributed by atoms with Gasteiger partial charge in [-0.05, 0) is 55.4 Å². The number of anilines is 1. The molecule has 8 nitrogen and oxygen atoms in total. The molecule has 3 N–H and O–H groups in total. The first-order chi connectivity index (χ1) is 14.3. The van der Waals surface area contributed by atoms with Crippen molar-refractivity contribution >= 4 is 23.8 Å². The molecular weight excluding hydrogens is 404 g/mol. The number of aromatic nitrogens is 3. The lowest BCUT2D eigenvalue weighted by molar-refractivity contribution is -0.116. The van der Waals surface area contributed by atoms with Gasteiger partial charge in [0.25, 0.3) is 0 Å². The van der Waals surface area contributed by atoms with Crippen LogP contribution >= 0.6 is 12.2 Å². The number of aromatic amines is 1. The molecule has 0 radical (unpaired) electrons. The first-order valence-corrected chi connectivity index (χ1v) is 9.92. The molecule has 3 aromatic rings. The SMILES string of the molecule is CCc1cc(-c2n[nH]c(=S)n2-c2ccc(OC)c(N(CC)C(C)=O)c2)c(O)cc1O. The van der Waals surface area contributed by atoms with Gasteiger partial charge in [-0.15, -0.1) is 0 Å². The Labute approximate surface area is 179 Å². The van der Waals surface area contributed by atoms with Crippen molar-refractivity contribution in [3.8, 4) is 34.3 Å². The quantitative estimate of drug-likeness (QED) is 0.514. The standard InChI is InChI=1S/C21H24N4O4S/c1-5-13-9-15(18(28)11-17(13)27)20-22-23-21(30)25(20)14-7-8-19(29-4)16(10-14)24(6-2)12(3)26/h7-11,27-28H,5-6H2,1-4H3,(H,23,30). The van der Waals surface area contributed by atoms with E-state index in [4.69, 9.17) is 17.0 Å². The van der Waals surface area contributed by atoms with E-state index >= 15 is 0 Å². The summed E-state index contributed by atoms with van der Waals surface area (Å²) in [6, 6.07) is 8.32. The topological polar surface area (TPSA) is 104 Å². The van der Waals surface area contributed by atoms with Crippen molar-refractivity contribution < 1.29 is 19.7 Å². The highest BCUT2D eigenvalue weighted by Crippen LogP contribution is 2.37. The molecule has 0 fully saturated rings. The van der Waals surface area contributed by atoms with Gasteiger partial charge in [-0.25, -0.2) is 0 Å². The zero-order chi connectivity index (χ0) is 22.0. The molecule has 158 valence electrons. The second-order valence-corrected chi connectivity index (χ2v) is 7.05. The molecule has 1 heterocycles. The fourth-order valence-electron chi connectivity index (χ4n) is 3.39. The summed E-state index contributed by atoms with van der Waals surface area (Å²) in [5.41, 5.74) is 2.34. The third kappa shape index (κ3) is 3.76. The second-order valence-electron chi connectivity index (χ2n) is 6.66. The van der Waals surface area contributed by atoms with E-state index in [-0.39, 0.29) is 17.4 Å². The Morgan fingerprint density at radius 1 is 1.23 bits per heavy atom. The Morgan fingerprint density at radius 2 is 1.97 bits per heavy atom. The number of nitrogens with zero attached hydrogens (tertiary/aromatic N) is 3. The van der Waals surface area contributed by atoms with Gasteiger partial charge in [0.15, 0.2) is 10.6 Å². The van der Waals surface area contributed by atoms with E-state index < -0.39 is 0 Å². The van der Waals surface area contributed by atoms with E-state index in [0.717, 1.165) is 0 Å². The lowest BCUT2D eigenvalue weighted by Crippen LogP contribution is -2.28. The molecule has 0 atom stereocenters. The van der Waals surface area contributed by atoms with Crippen molar-refractivity contribution in [3.63, 3.8) is 0 Å². The molecule has 0 aliphatic heterocycles. The Balaban J connectivity index is 2.24. The zero-order valence-electron chi connectivity index (χ0n) is 17.3. The Kier molecular flexibility index (Phi) is 6.12. The maximum absolute atomic E-state index is 12.1. The van der Waals surface area contributed by atoms with Crippen LogP contribution in [0.25, 0.3) is 17.1 Å². The highest BCUT2D eigenvalue weighted by atomic mass is 32.1. The van der Waals surface area contributed by atoms with Crippen molar-refractivity contribution in [2.45, 2.75) is 27.2 Å². The van der Waals surface area contributed by atoms with Crippen LogP contribution in [0, 0.1) is 4.77 Å². The van der Waals surface area contributed by atoms with Gasteiger partial charge in [0, 0.05) is 19.5 Å². The van der Waals surface area contributed by atoms with E-state index in [1.54, 1.807) is 40.8 Å². The first kappa shape index (κ1) is 21.4. The van der Waals surface area contributed by atoms with Crippen LogP contribution in [0.5, 0.6) is 17.2 Å². The maximum Gasteiger partial charge on any atom is 0.223 e. The van der Waals surface area contributed by atoms with Gasteiger partial charge in [-0.3, -0.25) is 14.5 Å². The molecule has 0 spiro atoms. The van der Waals surface area contributed by atoms with Crippen molar-refractivity contribution in [3.05, 3.63) is 40.7 Å². The van der Waals surface area contributed by atoms with Crippen molar-refractivity contribution in [2.75, 3.05) is 18.6 Å². The fraction of sp³-hybridized carbons (Fsp3) is 0.286. The van der Waals surface area contributed by atoms with E-state index in [1.165, 1.54) is 13.0 Å². The average Bonchev–Trinajstić information content (AvgIpc) is 3.09. The van der Waals surface area contributed by atoms with Gasteiger partial charge in [0.2, 0.25) is 5.91 Å². The van der Waals surface area contributed by atoms with Crippen molar-refractivity contribution in [2.24, 2.45) is 0 Å². The van der Waals surface area contributed by atoms with E-state index in [2.05, 4.69) is 10.2 Å². The molecule has 0 aliphatic rings. The van der Waals surface area contributed by atoms with Gasteiger partial charge in [0.05, 0.1) is 24.0 Å². The zero-order valence-corrected chi connectivity index (χ0v) is 18.1. The maximum atomic E-state index is 12.1. The van der Waals surface area contributed by atoms with Crippen LogP contribution in [-0.4, -0.2) is 44.5 Å². The Hall–Kier alpha value is -3.33. The predicted molar refractivity (Wildman–Crippen MR) is 117 cm³/mol. The Bertz CT molecular complexity index is 1150. The summed E-state index contributed by atoms with van der Waals surface area (Å²) in [5.74, 6) is 0.717. The minimum Gasteiger partial charge on any atom is -0.508 e. The minimum absolute atomic E-state index is 0.0196. The number of rotatable bonds is 6. The smallest absolute Gasteiger partial charge is 0.223 e. The average molecular weight is 429 g/mol. The van der Waals surface area contributed by atoms with E-state index in [9.17, 15) is 15.0 Å². The molecule has 30 heavy (non-hydrogen) atoms. The number of amides is 1. The molecule has 0 bridgehead atoms. The molecule has 2 aromatic carbocycles. The third-order valence-corrected chi connectivity index (χ3v) is 5.17. The number of aryl methyl sites for hydroxylation is 1. The normalized spacial score (nSPS) is 10.8. The monoisotopic (exact) mass is 428 g/mol. The number of aromatic hydroxyl groups is 2. The Morgan fingerprint density at radius 3 is 2.57 bits per heavy atom. The number of carbonyl (C=O) groups is 1. The number of hydrogen-bond donors (Lipinski definition) is 3. The van der Waals surface area contributed by atoms with Crippen LogP contribution in [0.4, 0.5) is 5.69 Å². The number of nitrogens with one attached hydrogen (secondary N) is 1. The number of phenolic OH excluding ortho intramolecular Hbond substituents is 2. The highest BCUT2D eigenvalue weighted by Gasteiger charge is 2.20. The van der Waals surface area contributed by atoms with E-state index in [0.29, 0.717) is 51.8 Å². The number of methoxy groups -OCH3 is 1. The summed E-state index contributed by atoms with van der Waals surface area (Å²) in [5, 5.41) is 27.5. The van der Waals surface area contributed by atoms with Gasteiger partial charge in [-0.1, -0.05) is 6.92 Å². The molecular formula is C21H24N4O4S. The minimum atomic E-state index is -0.118. The number of hydrogen-bond acceptors (Lipinski definition) is 6. The molecule has 0 aliphatic carbocycles. The molecule has 0 saturated carbocycles. The number of H-pyrrole nitrogens is 1. The summed E-state index contributed by atoms with van der Waals surface area (Å²) in [6.07, 6.45) is 0.584. The first-order valence-electron chi connectivity index (χ1n) is 9.51. The van der Waals surface area contributed by atoms with Crippen LogP contribution < -0.4 is 9.64 Å².